The molecule has 23 heavy (non-hydrogen) atoms. The Labute approximate surface area is 129 Å². The smallest absolute Gasteiger partial charge is 0.335 e. The molecule has 0 radical (unpaired) electrons. The van der Waals surface area contributed by atoms with Crippen LogP contribution in [-0.4, -0.2) is 62.2 Å². The minimum Gasteiger partial charge on any atom is -0.480 e. The topological polar surface area (TPSA) is 158 Å². The summed E-state index contributed by atoms with van der Waals surface area (Å²) < 4.78 is 0. The molecule has 1 amide bonds. The van der Waals surface area contributed by atoms with E-state index in [0.29, 0.717) is 0 Å². The van der Waals surface area contributed by atoms with E-state index in [4.69, 9.17) is 15.9 Å². The second kappa shape index (κ2) is 5.69. The number of aromatic carboxylic acids is 1. The molecule has 0 aromatic heterocycles. The van der Waals surface area contributed by atoms with E-state index >= 15 is 0 Å². The van der Waals surface area contributed by atoms with E-state index in [-0.39, 0.29) is 11.1 Å². The van der Waals surface area contributed by atoms with E-state index in [1.54, 1.807) is 0 Å². The van der Waals surface area contributed by atoms with E-state index in [2.05, 4.69) is 0 Å². The molecular formula is C14H14N2O7. The van der Waals surface area contributed by atoms with Crippen LogP contribution in [0.25, 0.3) is 0 Å². The third-order valence-corrected chi connectivity index (χ3v) is 3.71. The van der Waals surface area contributed by atoms with Crippen LogP contribution in [-0.2, 0) is 9.59 Å². The number of carboxylic acid groups (broad SMARTS) is 3. The van der Waals surface area contributed by atoms with Crippen LogP contribution in [0.15, 0.2) is 24.3 Å². The maximum absolute atomic E-state index is 12.5. The Balaban J connectivity index is 2.37. The first kappa shape index (κ1) is 16.4. The minimum atomic E-state index is -1.86. The van der Waals surface area contributed by atoms with Crippen molar-refractivity contribution < 1.29 is 34.5 Å². The normalized spacial score (nSPS) is 23.5. The highest BCUT2D eigenvalue weighted by molar-refractivity contribution is 6.00. The number of carbonyl (C=O) groups is 4. The summed E-state index contributed by atoms with van der Waals surface area (Å²) in [7, 11) is 0. The van der Waals surface area contributed by atoms with Gasteiger partial charge >= 0.3 is 17.9 Å². The van der Waals surface area contributed by atoms with Crippen LogP contribution >= 0.6 is 0 Å². The van der Waals surface area contributed by atoms with Gasteiger partial charge in [0, 0.05) is 12.0 Å². The molecule has 122 valence electrons. The van der Waals surface area contributed by atoms with Crippen molar-refractivity contribution in [3.63, 3.8) is 0 Å². The second-order valence-electron chi connectivity index (χ2n) is 5.34. The fourth-order valence-electron chi connectivity index (χ4n) is 2.47. The molecule has 1 aliphatic rings. The van der Waals surface area contributed by atoms with Gasteiger partial charge < -0.3 is 26.0 Å². The highest BCUT2D eigenvalue weighted by Crippen LogP contribution is 2.27. The van der Waals surface area contributed by atoms with Gasteiger partial charge in [-0.05, 0) is 18.2 Å². The van der Waals surface area contributed by atoms with Gasteiger partial charge in [-0.2, -0.15) is 0 Å². The Hall–Kier alpha value is -2.94. The number of hydrogen-bond acceptors (Lipinski definition) is 5. The molecule has 0 saturated carbocycles. The van der Waals surface area contributed by atoms with Gasteiger partial charge in [-0.15, -0.1) is 0 Å². The number of carboxylic acids is 3. The molecule has 9 heteroatoms. The number of rotatable bonds is 4. The zero-order valence-corrected chi connectivity index (χ0v) is 11.8. The zero-order valence-electron chi connectivity index (χ0n) is 11.8. The van der Waals surface area contributed by atoms with Crippen LogP contribution in [0.4, 0.5) is 0 Å². The van der Waals surface area contributed by atoms with E-state index in [1.807, 2.05) is 0 Å². The monoisotopic (exact) mass is 322 g/mol. The maximum Gasteiger partial charge on any atom is 0.335 e. The lowest BCUT2D eigenvalue weighted by Gasteiger charge is -2.22. The van der Waals surface area contributed by atoms with Gasteiger partial charge in [0.05, 0.1) is 12.1 Å². The van der Waals surface area contributed by atoms with Crippen molar-refractivity contribution in [3.05, 3.63) is 35.4 Å². The first-order valence-electron chi connectivity index (χ1n) is 6.55. The Kier molecular flexibility index (Phi) is 4.06. The highest BCUT2D eigenvalue weighted by atomic mass is 16.4. The number of nitrogens with zero attached hydrogens (tertiary/aromatic N) is 1. The molecule has 5 N–H and O–H groups in total. The van der Waals surface area contributed by atoms with Crippen LogP contribution in [0.3, 0.4) is 0 Å². The number of amides is 1. The summed E-state index contributed by atoms with van der Waals surface area (Å²) in [6.07, 6.45) is -0.429. The quantitative estimate of drug-likeness (QED) is 0.575. The molecule has 0 unspecified atom stereocenters. The van der Waals surface area contributed by atoms with Crippen molar-refractivity contribution in [2.24, 2.45) is 5.73 Å². The SMILES string of the molecule is N[C@@]1(C(=O)O)C[C@@H](C(=O)O)N(C(=O)c2cccc(C(=O)O)c2)C1. The van der Waals surface area contributed by atoms with E-state index in [1.165, 1.54) is 18.2 Å². The Morgan fingerprint density at radius 3 is 2.26 bits per heavy atom. The van der Waals surface area contributed by atoms with Crippen molar-refractivity contribution in [1.29, 1.82) is 0 Å². The fraction of sp³-hybridized carbons (Fsp3) is 0.286. The van der Waals surface area contributed by atoms with Crippen molar-refractivity contribution in [3.8, 4) is 0 Å². The summed E-state index contributed by atoms with van der Waals surface area (Å²) in [5.74, 6) is -4.80. The third-order valence-electron chi connectivity index (χ3n) is 3.71. The van der Waals surface area contributed by atoms with E-state index in [0.717, 1.165) is 11.0 Å². The first-order chi connectivity index (χ1) is 10.7. The number of hydrogen-bond donors (Lipinski definition) is 4. The first-order valence-corrected chi connectivity index (χ1v) is 6.55. The Bertz CT molecular complexity index is 702. The molecule has 0 aliphatic carbocycles. The second-order valence-corrected chi connectivity index (χ2v) is 5.34. The fourth-order valence-corrected chi connectivity index (χ4v) is 2.47. The van der Waals surface area contributed by atoms with Crippen LogP contribution in [0.1, 0.15) is 27.1 Å². The summed E-state index contributed by atoms with van der Waals surface area (Å²) in [5, 5.41) is 27.3. The maximum atomic E-state index is 12.5. The van der Waals surface area contributed by atoms with Gasteiger partial charge in [-0.1, -0.05) is 6.07 Å². The van der Waals surface area contributed by atoms with Crippen molar-refractivity contribution in [2.45, 2.75) is 18.0 Å². The molecule has 0 bridgehead atoms. The summed E-state index contributed by atoms with van der Waals surface area (Å²) in [5.41, 5.74) is 3.62. The number of likely N-dealkylation sites (tertiary alicyclic amines) is 1. The molecule has 2 atom stereocenters. The number of aliphatic carboxylic acids is 2. The van der Waals surface area contributed by atoms with Gasteiger partial charge in [0.15, 0.2) is 0 Å². The van der Waals surface area contributed by atoms with Crippen molar-refractivity contribution >= 4 is 23.8 Å². The largest absolute Gasteiger partial charge is 0.480 e. The molecule has 1 aliphatic heterocycles. The van der Waals surface area contributed by atoms with Gasteiger partial charge in [0.2, 0.25) is 0 Å². The average Bonchev–Trinajstić information content (AvgIpc) is 2.86. The van der Waals surface area contributed by atoms with E-state index in [9.17, 15) is 24.3 Å². The molecule has 0 spiro atoms. The van der Waals surface area contributed by atoms with Gasteiger partial charge in [-0.25, -0.2) is 9.59 Å². The Morgan fingerprint density at radius 2 is 1.74 bits per heavy atom. The van der Waals surface area contributed by atoms with Crippen LogP contribution in [0.5, 0.6) is 0 Å². The van der Waals surface area contributed by atoms with Crippen LogP contribution < -0.4 is 5.73 Å². The van der Waals surface area contributed by atoms with Gasteiger partial charge in [-0.3, -0.25) is 9.59 Å². The van der Waals surface area contributed by atoms with Gasteiger partial charge in [0.25, 0.3) is 5.91 Å². The molecule has 1 saturated heterocycles. The molecule has 9 nitrogen and oxygen atoms in total. The lowest BCUT2D eigenvalue weighted by Crippen LogP contribution is -2.50. The van der Waals surface area contributed by atoms with Gasteiger partial charge in [0.1, 0.15) is 11.6 Å². The van der Waals surface area contributed by atoms with Crippen molar-refractivity contribution in [1.82, 2.24) is 4.90 Å². The molecule has 2 rings (SSSR count). The van der Waals surface area contributed by atoms with Crippen LogP contribution in [0.2, 0.25) is 0 Å². The summed E-state index contributed by atoms with van der Waals surface area (Å²) in [4.78, 5) is 46.8. The summed E-state index contributed by atoms with van der Waals surface area (Å²) in [6.45, 7) is -0.477. The predicted molar refractivity (Wildman–Crippen MR) is 75.0 cm³/mol. The zero-order chi connectivity index (χ0) is 17.4. The van der Waals surface area contributed by atoms with E-state index < -0.39 is 48.4 Å². The lowest BCUT2D eigenvalue weighted by molar-refractivity contribution is -0.143. The molecule has 1 heterocycles. The summed E-state index contributed by atoms with van der Waals surface area (Å²) >= 11 is 0. The lowest BCUT2D eigenvalue weighted by atomic mass is 9.98. The average molecular weight is 322 g/mol. The highest BCUT2D eigenvalue weighted by Gasteiger charge is 2.51. The molecule has 1 aromatic rings. The standard InChI is InChI=1S/C14H14N2O7/c15-14(13(22)23)5-9(12(20)21)16(6-14)10(17)7-2-1-3-8(4-7)11(18)19/h1-4,9H,5-6,15H2,(H,18,19)(H,20,21)(H,22,23)/t9-,14-/m0/s1. The van der Waals surface area contributed by atoms with Crippen molar-refractivity contribution in [2.75, 3.05) is 6.54 Å². The Morgan fingerprint density at radius 1 is 1.13 bits per heavy atom. The molecular weight excluding hydrogens is 308 g/mol. The minimum absolute atomic E-state index is 0.0502. The molecule has 1 fully saturated rings. The van der Waals surface area contributed by atoms with Crippen LogP contribution in [0, 0.1) is 0 Å². The third kappa shape index (κ3) is 2.99. The number of carbonyl (C=O) groups excluding carboxylic acids is 1. The predicted octanol–water partition coefficient (Wildman–Crippen LogP) is -0.534. The summed E-state index contributed by atoms with van der Waals surface area (Å²) in [6, 6.07) is 3.65. The number of nitrogens with two attached hydrogens (primary N) is 1. The number of benzene rings is 1. The molecule has 1 aromatic carbocycles.